The molecule has 0 spiro atoms. The second-order valence-corrected chi connectivity index (χ2v) is 8.39. The molecule has 2 rings (SSSR count). The van der Waals surface area contributed by atoms with E-state index in [1.807, 2.05) is 40.7 Å². The summed E-state index contributed by atoms with van der Waals surface area (Å²) in [5.41, 5.74) is -1.05. The molecule has 1 aliphatic carbocycles. The maximum Gasteiger partial charge on any atom is 0.458 e. The molecule has 0 aromatic carbocycles. The van der Waals surface area contributed by atoms with Crippen LogP contribution in [0, 0.1) is 11.3 Å². The number of hydrogen-bond acceptors (Lipinski definition) is 6. The Morgan fingerprint density at radius 2 is 1.56 bits per heavy atom. The fourth-order valence-electron chi connectivity index (χ4n) is 3.92. The van der Waals surface area contributed by atoms with Crippen molar-refractivity contribution >= 4 is 19.1 Å². The third-order valence-electron chi connectivity index (χ3n) is 6.11. The van der Waals surface area contributed by atoms with Crippen molar-refractivity contribution in [3.05, 3.63) is 11.6 Å². The molecule has 152 valence electrons. The van der Waals surface area contributed by atoms with Crippen LogP contribution in [0.25, 0.3) is 0 Å². The van der Waals surface area contributed by atoms with E-state index in [0.29, 0.717) is 19.2 Å². The largest absolute Gasteiger partial charge is 0.465 e. The fourth-order valence-corrected chi connectivity index (χ4v) is 3.92. The van der Waals surface area contributed by atoms with Crippen LogP contribution in [-0.2, 0) is 28.4 Å². The van der Waals surface area contributed by atoms with Gasteiger partial charge in [-0.05, 0) is 73.5 Å². The summed E-state index contributed by atoms with van der Waals surface area (Å²) in [5, 5.41) is 0. The van der Waals surface area contributed by atoms with Crippen LogP contribution < -0.4 is 0 Å². The van der Waals surface area contributed by atoms with Crippen LogP contribution in [0.3, 0.4) is 0 Å². The smallest absolute Gasteiger partial charge is 0.458 e. The molecule has 6 nitrogen and oxygen atoms in total. The van der Waals surface area contributed by atoms with Crippen LogP contribution in [0.4, 0.5) is 0 Å². The monoisotopic (exact) mass is 380 g/mol. The van der Waals surface area contributed by atoms with Crippen LogP contribution in [0.15, 0.2) is 11.6 Å². The Morgan fingerprint density at radius 3 is 1.96 bits per heavy atom. The number of allylic oxidation sites excluding steroid dienone is 2. The zero-order valence-electron chi connectivity index (χ0n) is 17.7. The molecule has 7 heteroatoms. The highest BCUT2D eigenvalue weighted by Crippen LogP contribution is 2.50. The van der Waals surface area contributed by atoms with Crippen LogP contribution in [0.5, 0.6) is 0 Å². The molecular formula is C20H33BO6. The first-order valence-electron chi connectivity index (χ1n) is 9.88. The van der Waals surface area contributed by atoms with Crippen molar-refractivity contribution in [1.82, 2.24) is 0 Å². The summed E-state index contributed by atoms with van der Waals surface area (Å²) >= 11 is 0. The summed E-state index contributed by atoms with van der Waals surface area (Å²) in [5.74, 6) is -1.00. The number of carbonyl (C=O) groups excluding carboxylic acids is 2. The summed E-state index contributed by atoms with van der Waals surface area (Å²) in [4.78, 5) is 25.4. The Hall–Kier alpha value is -1.34. The first-order valence-corrected chi connectivity index (χ1v) is 9.88. The lowest BCUT2D eigenvalue weighted by Crippen LogP contribution is -2.41. The molecule has 1 atom stereocenters. The summed E-state index contributed by atoms with van der Waals surface area (Å²) < 4.78 is 22.7. The number of rotatable bonds is 6. The van der Waals surface area contributed by atoms with E-state index >= 15 is 0 Å². The van der Waals surface area contributed by atoms with Gasteiger partial charge in [0.2, 0.25) is 0 Å². The van der Waals surface area contributed by atoms with E-state index in [1.54, 1.807) is 13.8 Å². The molecule has 1 saturated carbocycles. The van der Waals surface area contributed by atoms with Gasteiger partial charge in [-0.25, -0.2) is 0 Å². The fraction of sp³-hybridized carbons (Fsp3) is 0.800. The number of hydrogen-bond donors (Lipinski definition) is 0. The summed E-state index contributed by atoms with van der Waals surface area (Å²) in [6.07, 6.45) is 3.25. The van der Waals surface area contributed by atoms with E-state index in [-0.39, 0.29) is 26.3 Å². The Balaban J connectivity index is 2.23. The average molecular weight is 380 g/mol. The Morgan fingerprint density at radius 1 is 1.07 bits per heavy atom. The van der Waals surface area contributed by atoms with Gasteiger partial charge in [0.25, 0.3) is 0 Å². The van der Waals surface area contributed by atoms with Gasteiger partial charge >= 0.3 is 19.1 Å². The van der Waals surface area contributed by atoms with Gasteiger partial charge in [-0.3, -0.25) is 9.59 Å². The third kappa shape index (κ3) is 4.09. The first kappa shape index (κ1) is 22.0. The van der Waals surface area contributed by atoms with Crippen LogP contribution in [0.1, 0.15) is 61.3 Å². The predicted octanol–water partition coefficient (Wildman–Crippen LogP) is 3.55. The minimum Gasteiger partial charge on any atom is -0.465 e. The highest BCUT2D eigenvalue weighted by Gasteiger charge is 2.58. The van der Waals surface area contributed by atoms with Gasteiger partial charge in [0.05, 0.1) is 24.4 Å². The van der Waals surface area contributed by atoms with Crippen molar-refractivity contribution in [3.63, 3.8) is 0 Å². The van der Waals surface area contributed by atoms with E-state index in [4.69, 9.17) is 18.8 Å². The standard InChI is InChI=1S/C20H33BO6/c1-8-14-11-20(16(22)24-9-2,17(23)25-10-3)12-15(14)13-21-26-18(4,5)19(6,7)27-21/h8,15H,9-13H2,1-7H3/b14-8+. The van der Waals surface area contributed by atoms with Crippen molar-refractivity contribution in [1.29, 1.82) is 0 Å². The van der Waals surface area contributed by atoms with Gasteiger partial charge in [-0.1, -0.05) is 11.6 Å². The molecule has 1 aliphatic heterocycles. The summed E-state index contributed by atoms with van der Waals surface area (Å²) in [6, 6.07) is 0. The van der Waals surface area contributed by atoms with Crippen molar-refractivity contribution in [3.8, 4) is 0 Å². The average Bonchev–Trinajstić information content (AvgIpc) is 3.03. The van der Waals surface area contributed by atoms with Crippen molar-refractivity contribution in [2.45, 2.75) is 78.8 Å². The van der Waals surface area contributed by atoms with Crippen LogP contribution in [0.2, 0.25) is 6.32 Å². The molecule has 2 aliphatic rings. The maximum atomic E-state index is 12.7. The topological polar surface area (TPSA) is 71.1 Å². The Labute approximate surface area is 163 Å². The Kier molecular flexibility index (Phi) is 6.47. The molecule has 0 bridgehead atoms. The number of ether oxygens (including phenoxy) is 2. The highest BCUT2D eigenvalue weighted by molar-refractivity contribution is 6.45. The molecule has 2 fully saturated rings. The molecule has 0 amide bonds. The van der Waals surface area contributed by atoms with Crippen molar-refractivity contribution < 1.29 is 28.4 Å². The number of esters is 2. The maximum absolute atomic E-state index is 12.7. The second-order valence-electron chi connectivity index (χ2n) is 8.39. The second kappa shape index (κ2) is 7.96. The molecule has 1 heterocycles. The normalized spacial score (nSPS) is 27.0. The van der Waals surface area contributed by atoms with E-state index in [2.05, 4.69) is 0 Å². The molecule has 0 N–H and O–H groups in total. The summed E-state index contributed by atoms with van der Waals surface area (Å²) in [6.45, 7) is 13.9. The lowest BCUT2D eigenvalue weighted by molar-refractivity contribution is -0.171. The first-order chi connectivity index (χ1) is 12.5. The van der Waals surface area contributed by atoms with Gasteiger partial charge in [0.15, 0.2) is 5.41 Å². The molecule has 1 saturated heterocycles. The third-order valence-corrected chi connectivity index (χ3v) is 6.11. The molecule has 0 radical (unpaired) electrons. The predicted molar refractivity (Wildman–Crippen MR) is 103 cm³/mol. The van der Waals surface area contributed by atoms with Gasteiger partial charge < -0.3 is 18.8 Å². The number of carbonyl (C=O) groups is 2. The zero-order valence-corrected chi connectivity index (χ0v) is 17.7. The van der Waals surface area contributed by atoms with Crippen molar-refractivity contribution in [2.75, 3.05) is 13.2 Å². The van der Waals surface area contributed by atoms with E-state index in [9.17, 15) is 9.59 Å². The minimum absolute atomic E-state index is 0.00138. The van der Waals surface area contributed by atoms with Gasteiger partial charge in [-0.2, -0.15) is 0 Å². The van der Waals surface area contributed by atoms with Gasteiger partial charge in [0, 0.05) is 0 Å². The van der Waals surface area contributed by atoms with Gasteiger partial charge in [-0.15, -0.1) is 0 Å². The summed E-state index contributed by atoms with van der Waals surface area (Å²) in [7, 11) is -0.379. The lowest BCUT2D eigenvalue weighted by atomic mass is 9.74. The molecule has 1 unspecified atom stereocenters. The molecule has 27 heavy (non-hydrogen) atoms. The van der Waals surface area contributed by atoms with E-state index < -0.39 is 28.6 Å². The lowest BCUT2D eigenvalue weighted by Gasteiger charge is -2.32. The quantitative estimate of drug-likeness (QED) is 0.304. The van der Waals surface area contributed by atoms with Crippen LogP contribution >= 0.6 is 0 Å². The van der Waals surface area contributed by atoms with Gasteiger partial charge in [0.1, 0.15) is 0 Å². The zero-order chi connectivity index (χ0) is 20.5. The SMILES string of the molecule is C/C=C1\CC(C(=O)OCC)(C(=O)OCC)CC1CB1OC(C)(C)C(C)(C)O1. The molecule has 0 aromatic heterocycles. The molecular weight excluding hydrogens is 347 g/mol. The molecule has 0 aromatic rings. The Bertz CT molecular complexity index is 576. The highest BCUT2D eigenvalue weighted by atomic mass is 16.7. The van der Waals surface area contributed by atoms with E-state index in [0.717, 1.165) is 5.57 Å². The minimum atomic E-state index is -1.28. The van der Waals surface area contributed by atoms with Crippen molar-refractivity contribution in [2.24, 2.45) is 11.3 Å². The van der Waals surface area contributed by atoms with Crippen LogP contribution in [-0.4, -0.2) is 43.5 Å². The van der Waals surface area contributed by atoms with E-state index in [1.165, 1.54) is 0 Å².